The molecule has 7 heterocycles. The number of rotatable bonds is 10. The van der Waals surface area contributed by atoms with Gasteiger partial charge in [-0.15, -0.1) is 0 Å². The summed E-state index contributed by atoms with van der Waals surface area (Å²) in [4.78, 5) is 28.7. The van der Waals surface area contributed by atoms with Crippen LogP contribution < -0.4 is 4.90 Å². The Balaban J connectivity index is 0.000000139. The van der Waals surface area contributed by atoms with Crippen molar-refractivity contribution in [1.29, 1.82) is 0 Å². The molecular formula is C92H64N12. The summed E-state index contributed by atoms with van der Waals surface area (Å²) in [6, 6.07) is 123. The second-order valence-corrected chi connectivity index (χ2v) is 27.0. The molecule has 0 saturated carbocycles. The van der Waals surface area contributed by atoms with Crippen LogP contribution in [0.2, 0.25) is 0 Å². The summed E-state index contributed by atoms with van der Waals surface area (Å²) < 4.78 is 13.5. The summed E-state index contributed by atoms with van der Waals surface area (Å²) in [5.74, 6) is 4.44. The Bertz CT molecular complexity index is 6600. The fourth-order valence-electron chi connectivity index (χ4n) is 15.7. The Hall–Kier alpha value is -14.0. The van der Waals surface area contributed by atoms with Crippen molar-refractivity contribution in [1.82, 2.24) is 52.2 Å². The van der Waals surface area contributed by atoms with E-state index in [0.29, 0.717) is 0 Å². The quantitative estimate of drug-likeness (QED) is 0.135. The first-order chi connectivity index (χ1) is 51.4. The third kappa shape index (κ3) is 9.71. The number of hydrogen-bond acceptors (Lipinski definition) is 6. The van der Waals surface area contributed by atoms with E-state index >= 15 is 0 Å². The van der Waals surface area contributed by atoms with E-state index in [1.54, 1.807) is 0 Å². The molecule has 0 bridgehead atoms. The normalized spacial score (nSPS) is 12.6. The number of fused-ring (bicyclic) bond motifs is 11. The van der Waals surface area contributed by atoms with E-state index in [1.165, 1.54) is 22.5 Å². The number of anilines is 3. The zero-order valence-corrected chi connectivity index (χ0v) is 56.9. The van der Waals surface area contributed by atoms with Crippen molar-refractivity contribution in [3.63, 3.8) is 0 Å². The lowest BCUT2D eigenvalue weighted by Crippen LogP contribution is -2.30. The van der Waals surface area contributed by atoms with Crippen LogP contribution in [0.5, 0.6) is 0 Å². The monoisotopic (exact) mass is 1340 g/mol. The number of aromatic nitrogens is 11. The van der Waals surface area contributed by atoms with Gasteiger partial charge >= 0.3 is 0 Å². The molecule has 0 fully saturated rings. The zero-order chi connectivity index (χ0) is 69.0. The molecule has 0 N–H and O–H groups in total. The molecule has 6 aromatic heterocycles. The Morgan fingerprint density at radius 2 is 0.519 bits per heavy atom. The summed E-state index contributed by atoms with van der Waals surface area (Å²) >= 11 is 0. The van der Waals surface area contributed by atoms with Gasteiger partial charge in [-0.3, -0.25) is 27.2 Å². The Morgan fingerprint density at radius 1 is 0.221 bits per heavy atom. The predicted octanol–water partition coefficient (Wildman–Crippen LogP) is 22.3. The highest BCUT2D eigenvalue weighted by Gasteiger charge is 2.37. The van der Waals surface area contributed by atoms with E-state index in [2.05, 4.69) is 361 Å². The molecule has 0 amide bonds. The molecule has 21 rings (SSSR count). The van der Waals surface area contributed by atoms with Crippen LogP contribution in [0.4, 0.5) is 17.1 Å². The minimum atomic E-state index is -0.105. The average molecular weight is 1340 g/mol. The molecule has 12 heteroatoms. The van der Waals surface area contributed by atoms with Gasteiger partial charge in [-0.05, 0) is 169 Å². The molecule has 0 unspecified atom stereocenters. The Labute approximate surface area is 598 Å². The van der Waals surface area contributed by atoms with Gasteiger partial charge in [0.15, 0.2) is 0 Å². The number of imidazole rings is 6. The van der Waals surface area contributed by atoms with Gasteiger partial charge in [0.25, 0.3) is 0 Å². The van der Waals surface area contributed by atoms with Crippen LogP contribution in [-0.4, -0.2) is 52.2 Å². The van der Waals surface area contributed by atoms with Crippen LogP contribution in [0, 0.1) is 0 Å². The largest absolute Gasteiger partial charge is 0.310 e. The molecule has 0 radical (unpaired) electrons. The van der Waals surface area contributed by atoms with Crippen molar-refractivity contribution < 1.29 is 0 Å². The molecule has 12 nitrogen and oxygen atoms in total. The van der Waals surface area contributed by atoms with E-state index in [1.807, 2.05) is 36.4 Å². The second kappa shape index (κ2) is 24.1. The number of para-hydroxylation sites is 10. The highest BCUT2D eigenvalue weighted by Crippen LogP contribution is 2.52. The van der Waals surface area contributed by atoms with Gasteiger partial charge in [0.2, 0.25) is 5.78 Å². The molecule has 0 saturated heterocycles. The van der Waals surface area contributed by atoms with Gasteiger partial charge in [0.1, 0.15) is 23.3 Å². The van der Waals surface area contributed by atoms with Crippen molar-refractivity contribution in [2.45, 2.75) is 19.3 Å². The van der Waals surface area contributed by atoms with Crippen LogP contribution in [0.25, 0.3) is 146 Å². The van der Waals surface area contributed by atoms with Gasteiger partial charge in [-0.2, -0.15) is 0 Å². The smallest absolute Gasteiger partial charge is 0.220 e. The molecular weight excluding hydrogens is 1270 g/mol. The van der Waals surface area contributed by atoms with Crippen LogP contribution in [0.1, 0.15) is 25.0 Å². The maximum absolute atomic E-state index is 5.37. The standard InChI is InChI=1S/C47H35N5.C45H29N7/c1-47(2)37-22-12-14-24-41(37)50(42-25-15-13-23-38(42)47)36-28-26-33(27-29-36)46-49-40-31-43-39(30-44(40)52(46)35-20-10-5-11-21-35)48-45(32-16-6-3-7-17-32)51(43)34-18-8-4-9-19-34;1-4-14-30(15-5-1)43-46-36-28-42-37(29-41(36)49(43)32-16-6-2-7-17-32)47-44(50(42)33-18-8-3-9-19-33)31-24-26-34(27-25-31)51-39-22-12-13-23-40(39)52-38-21-11-10-20-35(38)48-45(51)52/h3-31H,1-2H3;1-29H. The predicted molar refractivity (Wildman–Crippen MR) is 423 cm³/mol. The molecule has 0 spiro atoms. The Kier molecular flexibility index (Phi) is 13.9. The highest BCUT2D eigenvalue weighted by atomic mass is 15.2. The summed E-state index contributed by atoms with van der Waals surface area (Å²) in [5, 5.41) is 0. The molecule has 1 aliphatic rings. The van der Waals surface area contributed by atoms with Crippen molar-refractivity contribution in [3.05, 3.63) is 363 Å². The molecule has 0 aliphatic carbocycles. The maximum atomic E-state index is 5.37. The lowest BCUT2D eigenvalue weighted by Gasteiger charge is -2.42. The number of benzene rings is 14. The summed E-state index contributed by atoms with van der Waals surface area (Å²) in [6.45, 7) is 4.64. The average Bonchev–Trinajstić information content (AvgIpc) is 1.54. The maximum Gasteiger partial charge on any atom is 0.220 e. The van der Waals surface area contributed by atoms with Gasteiger partial charge < -0.3 is 4.90 Å². The lowest BCUT2D eigenvalue weighted by atomic mass is 9.73. The van der Waals surface area contributed by atoms with Gasteiger partial charge in [-0.1, -0.05) is 208 Å². The first-order valence-corrected chi connectivity index (χ1v) is 35.2. The van der Waals surface area contributed by atoms with E-state index < -0.39 is 0 Å². The van der Waals surface area contributed by atoms with E-state index in [9.17, 15) is 0 Å². The highest BCUT2D eigenvalue weighted by molar-refractivity contribution is 6.00. The van der Waals surface area contributed by atoms with E-state index in [0.717, 1.165) is 152 Å². The third-order valence-electron chi connectivity index (χ3n) is 20.5. The van der Waals surface area contributed by atoms with Crippen molar-refractivity contribution in [2.75, 3.05) is 4.90 Å². The topological polar surface area (TPSA) is 96.8 Å². The summed E-state index contributed by atoms with van der Waals surface area (Å²) in [5.41, 5.74) is 27.4. The minimum Gasteiger partial charge on any atom is -0.310 e. The van der Waals surface area contributed by atoms with Crippen molar-refractivity contribution in [2.24, 2.45) is 0 Å². The fraction of sp³-hybridized carbons (Fsp3) is 0.0326. The lowest BCUT2D eigenvalue weighted by molar-refractivity contribution is 0.632. The van der Waals surface area contributed by atoms with Crippen LogP contribution >= 0.6 is 0 Å². The summed E-state index contributed by atoms with van der Waals surface area (Å²) in [7, 11) is 0. The van der Waals surface area contributed by atoms with E-state index in [-0.39, 0.29) is 5.41 Å². The van der Waals surface area contributed by atoms with Gasteiger partial charge in [0.05, 0.1) is 77.6 Å². The van der Waals surface area contributed by atoms with E-state index in [4.69, 9.17) is 24.9 Å². The minimum absolute atomic E-state index is 0.105. The first kappa shape index (κ1) is 60.0. The molecule has 14 aromatic carbocycles. The van der Waals surface area contributed by atoms with Crippen molar-refractivity contribution >= 4 is 89.0 Å². The molecule has 492 valence electrons. The molecule has 20 aromatic rings. The second-order valence-electron chi connectivity index (χ2n) is 27.0. The third-order valence-corrected chi connectivity index (χ3v) is 20.5. The van der Waals surface area contributed by atoms with Crippen LogP contribution in [0.15, 0.2) is 352 Å². The first-order valence-electron chi connectivity index (χ1n) is 35.2. The van der Waals surface area contributed by atoms with Crippen LogP contribution in [0.3, 0.4) is 0 Å². The van der Waals surface area contributed by atoms with Crippen LogP contribution in [-0.2, 0) is 5.41 Å². The molecule has 104 heavy (non-hydrogen) atoms. The molecule has 0 atom stereocenters. The summed E-state index contributed by atoms with van der Waals surface area (Å²) in [6.07, 6.45) is 0. The van der Waals surface area contributed by atoms with Gasteiger partial charge in [-0.25, -0.2) is 24.9 Å². The zero-order valence-electron chi connectivity index (χ0n) is 56.9. The Morgan fingerprint density at radius 3 is 0.913 bits per heavy atom. The number of nitrogens with zero attached hydrogens (tertiary/aromatic N) is 12. The molecule has 1 aliphatic heterocycles. The SMILES string of the molecule is CC1(C)c2ccccc2N(c2ccc(-c3nc4cc5c(cc4n3-c3ccccc3)nc(-c3ccccc3)n5-c3ccccc3)cc2)c2ccccc21.c1ccc(-c2nc3cc4c(cc3n2-c2ccccc2)nc(-c2ccc(-n3c5ccccc5n5c6ccccc6nc35)cc2)n4-c2ccccc2)cc1. The van der Waals surface area contributed by atoms with Crippen molar-refractivity contribution in [3.8, 4) is 74.0 Å². The number of hydrogen-bond donors (Lipinski definition) is 0. The fourth-order valence-corrected chi connectivity index (χ4v) is 15.7. The van der Waals surface area contributed by atoms with Gasteiger partial charge in [0, 0.05) is 61.8 Å².